The van der Waals surface area contributed by atoms with Gasteiger partial charge in [0.05, 0.1) is 37.4 Å². The molecule has 0 spiro atoms. The third-order valence-electron chi connectivity index (χ3n) is 8.04. The van der Waals surface area contributed by atoms with Crippen molar-refractivity contribution in [2.75, 3.05) is 34.4 Å². The third-order valence-corrected chi connectivity index (χ3v) is 8.04. The Kier molecular flexibility index (Phi) is 8.64. The molecule has 44 heavy (non-hydrogen) atoms. The van der Waals surface area contributed by atoms with E-state index in [4.69, 9.17) is 9.47 Å². The maximum Gasteiger partial charge on any atom is 0.416 e. The molecule has 2 aliphatic heterocycles. The number of alkyl halides is 6. The monoisotopic (exact) mass is 629 g/mol. The fraction of sp³-hybridized carbons (Fsp3) is 0.448. The van der Waals surface area contributed by atoms with Crippen LogP contribution in [0.5, 0.6) is 0 Å². The molecule has 0 N–H and O–H groups in total. The number of urea groups is 1. The molecular formula is C29H29F6N3O6. The van der Waals surface area contributed by atoms with Crippen LogP contribution in [0.15, 0.2) is 42.5 Å². The number of ether oxygens (including phenoxy) is 2. The highest BCUT2D eigenvalue weighted by Crippen LogP contribution is 2.47. The zero-order valence-corrected chi connectivity index (χ0v) is 24.1. The van der Waals surface area contributed by atoms with Crippen LogP contribution in [0, 0.1) is 12.3 Å². The molecule has 0 radical (unpaired) electrons. The number of fused-ring (bicyclic) bond motifs is 1. The van der Waals surface area contributed by atoms with Crippen molar-refractivity contribution in [1.82, 2.24) is 14.7 Å². The SMILES string of the molecule is COC(=O)C1(C(=O)OC)CC2C(c3ccccc3C)N(C(=O)N(C)Cc3cc(C(F)(F)F)cc(C(F)(F)F)c3)CCN2C1=O. The smallest absolute Gasteiger partial charge is 0.416 e. The first-order valence-corrected chi connectivity index (χ1v) is 13.3. The average molecular weight is 630 g/mol. The average Bonchev–Trinajstić information content (AvgIpc) is 3.27. The van der Waals surface area contributed by atoms with Gasteiger partial charge < -0.3 is 24.2 Å². The summed E-state index contributed by atoms with van der Waals surface area (Å²) in [5, 5.41) is 0. The van der Waals surface area contributed by atoms with E-state index in [-0.39, 0.29) is 19.2 Å². The standard InChI is InChI=1S/C29H29F6N3O6/c1-16-7-5-6-8-20(16)22-21-14-27(24(40)43-3,25(41)44-4)23(39)37(21)9-10-38(22)26(42)36(2)15-17-11-18(28(30,31)32)13-19(12-17)29(33,34)35/h5-8,11-13,21-22H,9-10,14-15H2,1-4H3. The third kappa shape index (κ3) is 5.66. The Bertz CT molecular complexity index is 1430. The highest BCUT2D eigenvalue weighted by Gasteiger charge is 2.66. The first-order valence-electron chi connectivity index (χ1n) is 13.3. The number of piperazine rings is 1. The number of rotatable bonds is 5. The summed E-state index contributed by atoms with van der Waals surface area (Å²) in [5.74, 6) is -3.12. The lowest BCUT2D eigenvalue weighted by molar-refractivity contribution is -0.172. The molecular weight excluding hydrogens is 600 g/mol. The van der Waals surface area contributed by atoms with Crippen LogP contribution in [0.25, 0.3) is 0 Å². The molecule has 2 atom stereocenters. The fourth-order valence-electron chi connectivity index (χ4n) is 5.97. The van der Waals surface area contributed by atoms with E-state index in [9.17, 15) is 45.5 Å². The van der Waals surface area contributed by atoms with Crippen LogP contribution in [-0.4, -0.2) is 79.0 Å². The van der Waals surface area contributed by atoms with Gasteiger partial charge >= 0.3 is 30.3 Å². The molecule has 2 saturated heterocycles. The summed E-state index contributed by atoms with van der Waals surface area (Å²) in [6.45, 7) is 0.888. The number of hydrogen-bond donors (Lipinski definition) is 0. The van der Waals surface area contributed by atoms with Gasteiger partial charge in [-0.2, -0.15) is 26.3 Å². The number of benzene rings is 2. The molecule has 9 nitrogen and oxygen atoms in total. The summed E-state index contributed by atoms with van der Waals surface area (Å²) in [7, 11) is 3.25. The number of halogens is 6. The van der Waals surface area contributed by atoms with Gasteiger partial charge in [-0.1, -0.05) is 24.3 Å². The second kappa shape index (κ2) is 11.7. The highest BCUT2D eigenvalue weighted by atomic mass is 19.4. The van der Waals surface area contributed by atoms with Crippen molar-refractivity contribution in [2.24, 2.45) is 5.41 Å². The molecule has 3 amide bonds. The molecule has 2 aliphatic rings. The van der Waals surface area contributed by atoms with Crippen molar-refractivity contribution in [1.29, 1.82) is 0 Å². The van der Waals surface area contributed by atoms with Crippen molar-refractivity contribution < 1.29 is 55.0 Å². The summed E-state index contributed by atoms with van der Waals surface area (Å²) in [6.07, 6.45) is -10.5. The lowest BCUT2D eigenvalue weighted by Crippen LogP contribution is -2.57. The first kappa shape index (κ1) is 32.6. The molecule has 2 aromatic carbocycles. The van der Waals surface area contributed by atoms with Gasteiger partial charge in [0.2, 0.25) is 5.41 Å². The Balaban J connectivity index is 1.74. The number of amides is 3. The topological polar surface area (TPSA) is 96.5 Å². The van der Waals surface area contributed by atoms with Gasteiger partial charge in [-0.05, 0) is 41.8 Å². The van der Waals surface area contributed by atoms with E-state index in [0.29, 0.717) is 23.3 Å². The van der Waals surface area contributed by atoms with Crippen LogP contribution >= 0.6 is 0 Å². The second-order valence-corrected chi connectivity index (χ2v) is 10.7. The minimum atomic E-state index is -5.06. The number of nitrogens with zero attached hydrogens (tertiary/aromatic N) is 3. The molecule has 238 valence electrons. The van der Waals surface area contributed by atoms with Crippen LogP contribution in [-0.2, 0) is 42.8 Å². The largest absolute Gasteiger partial charge is 0.468 e. The molecule has 0 aliphatic carbocycles. The van der Waals surface area contributed by atoms with Crippen molar-refractivity contribution in [2.45, 2.75) is 44.3 Å². The zero-order valence-electron chi connectivity index (χ0n) is 24.1. The lowest BCUT2D eigenvalue weighted by atomic mass is 9.81. The maximum absolute atomic E-state index is 13.9. The minimum absolute atomic E-state index is 0.00469. The number of aryl methyl sites for hydroxylation is 1. The molecule has 2 unspecified atom stereocenters. The molecule has 2 heterocycles. The normalized spacial score (nSPS) is 19.8. The van der Waals surface area contributed by atoms with Gasteiger partial charge in [0.25, 0.3) is 5.91 Å². The van der Waals surface area contributed by atoms with Crippen molar-refractivity contribution in [3.63, 3.8) is 0 Å². The molecule has 0 aromatic heterocycles. The Hall–Kier alpha value is -4.30. The van der Waals surface area contributed by atoms with E-state index in [2.05, 4.69) is 0 Å². The second-order valence-electron chi connectivity index (χ2n) is 10.7. The van der Waals surface area contributed by atoms with Crippen LogP contribution in [0.2, 0.25) is 0 Å². The Labute approximate surface area is 248 Å². The van der Waals surface area contributed by atoms with Gasteiger partial charge in [-0.15, -0.1) is 0 Å². The molecule has 15 heteroatoms. The zero-order chi connectivity index (χ0) is 32.8. The number of carbonyl (C=O) groups is 4. The van der Waals surface area contributed by atoms with Crippen LogP contribution in [0.4, 0.5) is 31.1 Å². The van der Waals surface area contributed by atoms with Gasteiger partial charge in [0.1, 0.15) is 0 Å². The molecule has 0 saturated carbocycles. The first-order chi connectivity index (χ1) is 20.5. The summed E-state index contributed by atoms with van der Waals surface area (Å²) in [6, 6.07) is 5.30. The highest BCUT2D eigenvalue weighted by molar-refractivity contribution is 6.20. The quantitative estimate of drug-likeness (QED) is 0.273. The van der Waals surface area contributed by atoms with E-state index in [1.54, 1.807) is 31.2 Å². The molecule has 2 fully saturated rings. The summed E-state index contributed by atoms with van der Waals surface area (Å²) < 4.78 is 90.2. The Morgan fingerprint density at radius 3 is 1.98 bits per heavy atom. The van der Waals surface area contributed by atoms with Crippen molar-refractivity contribution >= 4 is 23.9 Å². The van der Waals surface area contributed by atoms with E-state index in [1.807, 2.05) is 0 Å². The van der Waals surface area contributed by atoms with Crippen molar-refractivity contribution in [3.05, 3.63) is 70.3 Å². The fourth-order valence-corrected chi connectivity index (χ4v) is 5.97. The number of carbonyl (C=O) groups excluding carboxylic acids is 4. The number of methoxy groups -OCH3 is 2. The maximum atomic E-state index is 13.9. The summed E-state index contributed by atoms with van der Waals surface area (Å²) in [4.78, 5) is 56.9. The van der Waals surface area contributed by atoms with Crippen molar-refractivity contribution in [3.8, 4) is 0 Å². The van der Waals surface area contributed by atoms with Crippen LogP contribution in [0.1, 0.15) is 40.3 Å². The Morgan fingerprint density at radius 2 is 1.48 bits per heavy atom. The van der Waals surface area contributed by atoms with E-state index in [0.717, 1.165) is 19.1 Å². The van der Waals surface area contributed by atoms with E-state index in [1.165, 1.54) is 16.8 Å². The van der Waals surface area contributed by atoms with Gasteiger partial charge in [-0.3, -0.25) is 14.4 Å². The molecule has 2 aromatic rings. The molecule has 4 rings (SSSR count). The summed E-state index contributed by atoms with van der Waals surface area (Å²) in [5.41, 5.74) is -4.51. The molecule has 0 bridgehead atoms. The van der Waals surface area contributed by atoms with E-state index >= 15 is 0 Å². The summed E-state index contributed by atoms with van der Waals surface area (Å²) >= 11 is 0. The van der Waals surface area contributed by atoms with Gasteiger partial charge in [-0.25, -0.2) is 4.79 Å². The number of hydrogen-bond acceptors (Lipinski definition) is 6. The minimum Gasteiger partial charge on any atom is -0.468 e. The van der Waals surface area contributed by atoms with E-state index < -0.39 is 83.4 Å². The van der Waals surface area contributed by atoms with Crippen LogP contribution < -0.4 is 0 Å². The predicted molar refractivity (Wildman–Crippen MR) is 141 cm³/mol. The predicted octanol–water partition coefficient (Wildman–Crippen LogP) is 4.57. The van der Waals surface area contributed by atoms with Gasteiger partial charge in [0.15, 0.2) is 0 Å². The lowest BCUT2D eigenvalue weighted by Gasteiger charge is -2.46. The number of esters is 2. The Morgan fingerprint density at radius 1 is 0.932 bits per heavy atom. The van der Waals surface area contributed by atoms with Crippen LogP contribution in [0.3, 0.4) is 0 Å². The van der Waals surface area contributed by atoms with Gasteiger partial charge in [0, 0.05) is 33.1 Å².